The molecule has 0 aliphatic heterocycles. The summed E-state index contributed by atoms with van der Waals surface area (Å²) in [6.45, 7) is 19.9. The maximum absolute atomic E-state index is 10.5. The van der Waals surface area contributed by atoms with Gasteiger partial charge in [-0.25, -0.2) is 11.7 Å². The molecule has 0 unspecified atom stereocenters. The first-order valence-corrected chi connectivity index (χ1v) is 14.9. The zero-order chi connectivity index (χ0) is 33.2. The Hall–Kier alpha value is -2.75. The number of nitrogens with two attached hydrogens (primary N) is 4. The summed E-state index contributed by atoms with van der Waals surface area (Å²) in [6, 6.07) is 0. The number of nitrogens with zero attached hydrogens (tertiary/aromatic N) is 6. The van der Waals surface area contributed by atoms with Crippen molar-refractivity contribution in [3.8, 4) is 0 Å². The first-order valence-electron chi connectivity index (χ1n) is 14.9. The van der Waals surface area contributed by atoms with E-state index >= 15 is 0 Å². The normalized spacial score (nSPS) is 10.6. The number of aryl methyl sites for hydroxylation is 1. The fourth-order valence-electron chi connectivity index (χ4n) is 2.81. The quantitative estimate of drug-likeness (QED) is 0.0663. The number of aldehydes is 1. The molecule has 0 aliphatic carbocycles. The Morgan fingerprint density at radius 3 is 2.10 bits per heavy atom. The summed E-state index contributed by atoms with van der Waals surface area (Å²) in [5, 5.41) is 14.0. The van der Waals surface area contributed by atoms with Gasteiger partial charge >= 0.3 is 0 Å². The van der Waals surface area contributed by atoms with E-state index in [0.717, 1.165) is 50.5 Å². The lowest BCUT2D eigenvalue weighted by atomic mass is 10.3. The molecular formula is C28H65N11O3. The van der Waals surface area contributed by atoms with Gasteiger partial charge < -0.3 is 41.1 Å². The van der Waals surface area contributed by atoms with Crippen LogP contribution in [0.4, 0.5) is 0 Å². The van der Waals surface area contributed by atoms with Gasteiger partial charge in [-0.1, -0.05) is 53.7 Å². The fourth-order valence-corrected chi connectivity index (χ4v) is 2.81. The number of ether oxygens (including phenoxy) is 2. The lowest BCUT2D eigenvalue weighted by molar-refractivity contribution is -0.108. The number of hydrazine groups is 2. The highest BCUT2D eigenvalue weighted by Crippen LogP contribution is 2.07. The number of hydrogen-bond acceptors (Lipinski definition) is 13. The molecule has 0 saturated carbocycles. The topological polar surface area (TPSA) is 192 Å². The Kier molecular flexibility index (Phi) is 39.9. The number of rotatable bonds is 19. The molecule has 1 aromatic rings. The smallest absolute Gasteiger partial charge is 0.121 e. The van der Waals surface area contributed by atoms with E-state index in [1.165, 1.54) is 16.2 Å². The van der Waals surface area contributed by atoms with Gasteiger partial charge in [0.15, 0.2) is 0 Å². The van der Waals surface area contributed by atoms with Gasteiger partial charge in [0.05, 0.1) is 31.2 Å². The number of carbonyl (C=O) groups is 1. The molecule has 1 aromatic heterocycles. The van der Waals surface area contributed by atoms with Crippen LogP contribution in [0.1, 0.15) is 67.0 Å². The minimum Gasteiger partial charge on any atom is -0.403 e. The second-order valence-corrected chi connectivity index (χ2v) is 8.04. The molecule has 0 fully saturated rings. The van der Waals surface area contributed by atoms with E-state index in [2.05, 4.69) is 22.6 Å². The summed E-state index contributed by atoms with van der Waals surface area (Å²) in [5.74, 6) is 11.4. The maximum Gasteiger partial charge on any atom is 0.121 e. The summed E-state index contributed by atoms with van der Waals surface area (Å²) in [7, 11) is 5.31. The van der Waals surface area contributed by atoms with E-state index in [4.69, 9.17) is 32.6 Å². The second-order valence-electron chi connectivity index (χ2n) is 8.04. The highest BCUT2D eigenvalue weighted by atomic mass is 16.5. The van der Waals surface area contributed by atoms with Gasteiger partial charge in [-0.05, 0) is 13.5 Å². The third kappa shape index (κ3) is 30.2. The number of aromatic nitrogens is 3. The molecule has 1 heterocycles. The Bertz CT molecular complexity index is 734. The van der Waals surface area contributed by atoms with Crippen LogP contribution in [0.3, 0.4) is 0 Å². The lowest BCUT2D eigenvalue weighted by Gasteiger charge is -2.26. The monoisotopic (exact) mass is 604 g/mol. The average molecular weight is 604 g/mol. The average Bonchev–Trinajstić information content (AvgIpc) is 3.44. The van der Waals surface area contributed by atoms with Gasteiger partial charge in [0, 0.05) is 84.1 Å². The molecule has 14 nitrogen and oxygen atoms in total. The van der Waals surface area contributed by atoms with Crippen LogP contribution in [0.5, 0.6) is 0 Å². The fraction of sp³-hybridized carbons (Fsp3) is 0.750. The van der Waals surface area contributed by atoms with Crippen molar-refractivity contribution >= 4 is 6.29 Å². The van der Waals surface area contributed by atoms with E-state index < -0.39 is 0 Å². The van der Waals surface area contributed by atoms with Crippen molar-refractivity contribution < 1.29 is 14.3 Å². The minimum absolute atomic E-state index is 0.392. The standard InChI is InChI=1S/C14H28N10O.C8H19NO2.3C2H6/c1-21(17)7-12(16)8-23(11-14(6-15)22(2)18)9-13-10-24(20-19-13)4-3-5-25;1-3-5-10-7-8-11-6-4-9-2;3*1-2/h5-7,10H,3-4,8-9,11,15-18H2,1-2H3;9H,3-8H2,1-2H3;3*1-2H3/b12-7-,14-6-;;;;. The summed E-state index contributed by atoms with van der Waals surface area (Å²) < 4.78 is 12.1. The third-order valence-electron chi connectivity index (χ3n) is 4.47. The van der Waals surface area contributed by atoms with Crippen LogP contribution < -0.4 is 28.5 Å². The van der Waals surface area contributed by atoms with Crippen molar-refractivity contribution in [1.82, 2.24) is 35.2 Å². The lowest BCUT2D eigenvalue weighted by Crippen LogP contribution is -2.37. The zero-order valence-corrected chi connectivity index (χ0v) is 28.3. The predicted octanol–water partition coefficient (Wildman–Crippen LogP) is 1.61. The zero-order valence-electron chi connectivity index (χ0n) is 28.3. The molecule has 9 N–H and O–H groups in total. The van der Waals surface area contributed by atoms with Crippen molar-refractivity contribution in [1.29, 1.82) is 0 Å². The van der Waals surface area contributed by atoms with Crippen LogP contribution in [-0.4, -0.2) is 103 Å². The van der Waals surface area contributed by atoms with Crippen LogP contribution in [-0.2, 0) is 27.4 Å². The van der Waals surface area contributed by atoms with Gasteiger partial charge in [-0.15, -0.1) is 5.10 Å². The van der Waals surface area contributed by atoms with Gasteiger partial charge in [0.1, 0.15) is 6.29 Å². The van der Waals surface area contributed by atoms with E-state index in [-0.39, 0.29) is 0 Å². The van der Waals surface area contributed by atoms with Gasteiger partial charge in [-0.2, -0.15) is 0 Å². The summed E-state index contributed by atoms with van der Waals surface area (Å²) in [4.78, 5) is 12.5. The van der Waals surface area contributed by atoms with Crippen LogP contribution in [0, 0.1) is 0 Å². The van der Waals surface area contributed by atoms with Crippen LogP contribution in [0.25, 0.3) is 0 Å². The molecule has 0 aliphatic rings. The van der Waals surface area contributed by atoms with E-state index in [0.29, 0.717) is 44.9 Å². The SMILES string of the molecule is CC.CC.CC.CCCOCCOCCNC.CN(N)/C=C(\N)CN(C/C(=C/N)N(C)N)Cc1cn(CCC=O)nn1. The number of hydrogen-bond donors (Lipinski definition) is 5. The molecule has 0 saturated heterocycles. The van der Waals surface area contributed by atoms with Crippen LogP contribution in [0.15, 0.2) is 30.0 Å². The van der Waals surface area contributed by atoms with E-state index in [9.17, 15) is 4.79 Å². The molecule has 0 bridgehead atoms. The number of likely N-dealkylation sites (N-methyl/N-ethyl adjacent to an activating group) is 2. The van der Waals surface area contributed by atoms with Gasteiger partial charge in [0.25, 0.3) is 0 Å². The van der Waals surface area contributed by atoms with Crippen molar-refractivity contribution in [2.24, 2.45) is 23.2 Å². The van der Waals surface area contributed by atoms with Crippen molar-refractivity contribution in [3.05, 3.63) is 35.7 Å². The molecule has 250 valence electrons. The van der Waals surface area contributed by atoms with Crippen molar-refractivity contribution in [2.45, 2.75) is 74.4 Å². The molecule has 0 radical (unpaired) electrons. The molecule has 0 spiro atoms. The minimum atomic E-state index is 0.392. The Balaban J connectivity index is -0.000000355. The van der Waals surface area contributed by atoms with Crippen molar-refractivity contribution in [3.63, 3.8) is 0 Å². The molecule has 1 rings (SSSR count). The number of carbonyl (C=O) groups excluding carboxylic acids is 1. The molecule has 14 heteroatoms. The Morgan fingerprint density at radius 2 is 1.62 bits per heavy atom. The second kappa shape index (κ2) is 36.3. The first-order chi connectivity index (χ1) is 20.3. The van der Waals surface area contributed by atoms with E-state index in [1.54, 1.807) is 31.2 Å². The predicted molar refractivity (Wildman–Crippen MR) is 174 cm³/mol. The molecule has 0 amide bonds. The molecule has 0 atom stereocenters. The summed E-state index contributed by atoms with van der Waals surface area (Å²) in [6.07, 6.45) is 7.19. The Morgan fingerprint density at radius 1 is 1.02 bits per heavy atom. The molecular weight excluding hydrogens is 538 g/mol. The van der Waals surface area contributed by atoms with Crippen LogP contribution in [0.2, 0.25) is 0 Å². The van der Waals surface area contributed by atoms with E-state index in [1.807, 2.05) is 53.5 Å². The molecule has 42 heavy (non-hydrogen) atoms. The maximum atomic E-state index is 10.5. The number of nitrogens with one attached hydrogen (secondary N) is 1. The van der Waals surface area contributed by atoms with Crippen LogP contribution >= 0.6 is 0 Å². The highest BCUT2D eigenvalue weighted by Gasteiger charge is 2.14. The summed E-state index contributed by atoms with van der Waals surface area (Å²) >= 11 is 0. The highest BCUT2D eigenvalue weighted by molar-refractivity contribution is 5.48. The van der Waals surface area contributed by atoms with Gasteiger partial charge in [0.2, 0.25) is 0 Å². The largest absolute Gasteiger partial charge is 0.403 e. The van der Waals surface area contributed by atoms with Gasteiger partial charge in [-0.3, -0.25) is 9.58 Å². The van der Waals surface area contributed by atoms with Crippen molar-refractivity contribution in [2.75, 3.05) is 67.2 Å². The third-order valence-corrected chi connectivity index (χ3v) is 4.47. The summed E-state index contributed by atoms with van der Waals surface area (Å²) in [5.41, 5.74) is 13.7. The Labute approximate surface area is 256 Å². The molecule has 0 aromatic carbocycles. The first kappa shape index (κ1) is 46.2.